The van der Waals surface area contributed by atoms with Crippen LogP contribution in [0.3, 0.4) is 0 Å². The van der Waals surface area contributed by atoms with Crippen LogP contribution >= 0.6 is 11.8 Å². The first-order valence-corrected chi connectivity index (χ1v) is 8.31. The number of hydrogen-bond acceptors (Lipinski definition) is 6. The van der Waals surface area contributed by atoms with Gasteiger partial charge in [-0.05, 0) is 18.2 Å². The Morgan fingerprint density at radius 1 is 1.12 bits per heavy atom. The highest BCUT2D eigenvalue weighted by Crippen LogP contribution is 2.28. The van der Waals surface area contributed by atoms with Crippen molar-refractivity contribution in [3.05, 3.63) is 64.7 Å². The molecule has 0 unspecified atom stereocenters. The zero-order valence-electron chi connectivity index (χ0n) is 13.5. The average Bonchev–Trinajstić information content (AvgIpc) is 2.64. The lowest BCUT2D eigenvalue weighted by Crippen LogP contribution is -2.31. The monoisotopic (exact) mass is 360 g/mol. The van der Waals surface area contributed by atoms with Crippen LogP contribution in [0.2, 0.25) is 0 Å². The first kappa shape index (κ1) is 18.5. The van der Waals surface area contributed by atoms with Gasteiger partial charge in [0.15, 0.2) is 6.61 Å². The summed E-state index contributed by atoms with van der Waals surface area (Å²) in [5.41, 5.74) is 0.623. The second kappa shape index (κ2) is 8.84. The van der Waals surface area contributed by atoms with Crippen molar-refractivity contribution in [1.29, 1.82) is 0 Å². The van der Waals surface area contributed by atoms with Crippen LogP contribution < -0.4 is 4.90 Å². The number of thioether (sulfide) groups is 1. The minimum absolute atomic E-state index is 0.0693. The summed E-state index contributed by atoms with van der Waals surface area (Å²) in [5.74, 6) is -1.10. The van der Waals surface area contributed by atoms with Crippen LogP contribution in [0.4, 0.5) is 11.4 Å². The number of nitrogens with zero attached hydrogens (tertiary/aromatic N) is 2. The van der Waals surface area contributed by atoms with Gasteiger partial charge in [-0.3, -0.25) is 19.7 Å². The first-order chi connectivity index (χ1) is 12.0. The normalized spacial score (nSPS) is 10.1. The molecular formula is C17H16N2O5S. The number of benzene rings is 2. The van der Waals surface area contributed by atoms with E-state index >= 15 is 0 Å². The van der Waals surface area contributed by atoms with Crippen molar-refractivity contribution < 1.29 is 19.2 Å². The zero-order chi connectivity index (χ0) is 18.2. The quantitative estimate of drug-likeness (QED) is 0.326. The van der Waals surface area contributed by atoms with Gasteiger partial charge in [0.05, 0.1) is 15.6 Å². The summed E-state index contributed by atoms with van der Waals surface area (Å²) in [6.07, 6.45) is 0. The number of ether oxygens (including phenoxy) is 1. The van der Waals surface area contributed by atoms with E-state index in [1.807, 2.05) is 6.07 Å². The van der Waals surface area contributed by atoms with Crippen molar-refractivity contribution >= 4 is 35.0 Å². The van der Waals surface area contributed by atoms with Crippen molar-refractivity contribution in [1.82, 2.24) is 0 Å². The molecule has 0 bridgehead atoms. The predicted molar refractivity (Wildman–Crippen MR) is 94.6 cm³/mol. The van der Waals surface area contributed by atoms with Gasteiger partial charge in [-0.2, -0.15) is 0 Å². The number of anilines is 1. The molecule has 1 amide bonds. The van der Waals surface area contributed by atoms with Gasteiger partial charge in [0, 0.05) is 18.8 Å². The predicted octanol–water partition coefficient (Wildman–Crippen LogP) is 2.89. The molecule has 8 heteroatoms. The molecule has 0 N–H and O–H groups in total. The number of hydrogen-bond donors (Lipinski definition) is 0. The highest BCUT2D eigenvalue weighted by atomic mass is 32.2. The third kappa shape index (κ3) is 5.32. The number of rotatable bonds is 7. The molecule has 2 aromatic rings. The van der Waals surface area contributed by atoms with Gasteiger partial charge in [0.1, 0.15) is 0 Å². The van der Waals surface area contributed by atoms with Crippen LogP contribution in [0.25, 0.3) is 0 Å². The summed E-state index contributed by atoms with van der Waals surface area (Å²) < 4.78 is 4.95. The standard InChI is InChI=1S/C17H16N2O5S/c1-18(13-7-3-2-4-8-13)16(20)11-24-17(21)12-25-15-10-6-5-9-14(15)19(22)23/h2-10H,11-12H2,1H3. The maximum Gasteiger partial charge on any atom is 0.316 e. The van der Waals surface area contributed by atoms with E-state index in [-0.39, 0.29) is 24.0 Å². The third-order valence-electron chi connectivity index (χ3n) is 3.28. The number of nitro benzene ring substituents is 1. The molecule has 0 saturated heterocycles. The molecule has 0 radical (unpaired) electrons. The second-order valence-electron chi connectivity index (χ2n) is 4.96. The van der Waals surface area contributed by atoms with Crippen molar-refractivity contribution in [3.63, 3.8) is 0 Å². The van der Waals surface area contributed by atoms with Crippen LogP contribution in [-0.4, -0.2) is 36.2 Å². The number of carbonyl (C=O) groups is 2. The summed E-state index contributed by atoms with van der Waals surface area (Å²) in [6.45, 7) is -0.387. The van der Waals surface area contributed by atoms with Crippen molar-refractivity contribution in [2.75, 3.05) is 24.3 Å². The van der Waals surface area contributed by atoms with Gasteiger partial charge in [-0.25, -0.2) is 0 Å². The van der Waals surface area contributed by atoms with Gasteiger partial charge >= 0.3 is 5.97 Å². The second-order valence-corrected chi connectivity index (χ2v) is 5.98. The Hall–Kier alpha value is -2.87. The largest absolute Gasteiger partial charge is 0.455 e. The van der Waals surface area contributed by atoms with Gasteiger partial charge < -0.3 is 9.64 Å². The smallest absolute Gasteiger partial charge is 0.316 e. The Morgan fingerprint density at radius 2 is 1.76 bits per heavy atom. The molecule has 25 heavy (non-hydrogen) atoms. The van der Waals surface area contributed by atoms with Crippen LogP contribution in [-0.2, 0) is 14.3 Å². The Balaban J connectivity index is 1.83. The lowest BCUT2D eigenvalue weighted by Gasteiger charge is -2.17. The SMILES string of the molecule is CN(C(=O)COC(=O)CSc1ccccc1[N+](=O)[O-])c1ccccc1. The Labute approximate surface area is 148 Å². The van der Waals surface area contributed by atoms with Gasteiger partial charge in [0.2, 0.25) is 0 Å². The maximum atomic E-state index is 12.0. The molecule has 0 aromatic heterocycles. The molecule has 0 fully saturated rings. The van der Waals surface area contributed by atoms with E-state index in [1.165, 1.54) is 11.0 Å². The zero-order valence-corrected chi connectivity index (χ0v) is 14.3. The van der Waals surface area contributed by atoms with E-state index in [4.69, 9.17) is 4.74 Å². The van der Waals surface area contributed by atoms with Crippen molar-refractivity contribution in [2.24, 2.45) is 0 Å². The van der Waals surface area contributed by atoms with Crippen molar-refractivity contribution in [2.45, 2.75) is 4.90 Å². The van der Waals surface area contributed by atoms with E-state index in [9.17, 15) is 19.7 Å². The molecule has 0 aliphatic carbocycles. The highest BCUT2D eigenvalue weighted by molar-refractivity contribution is 8.00. The molecule has 2 rings (SSSR count). The molecule has 0 saturated carbocycles. The summed E-state index contributed by atoms with van der Waals surface area (Å²) in [4.78, 5) is 36.0. The molecule has 0 aliphatic heterocycles. The lowest BCUT2D eigenvalue weighted by atomic mass is 10.3. The van der Waals surface area contributed by atoms with Gasteiger partial charge in [-0.15, -0.1) is 11.8 Å². The van der Waals surface area contributed by atoms with E-state index in [1.54, 1.807) is 49.5 Å². The minimum atomic E-state index is -0.613. The molecule has 0 spiro atoms. The topological polar surface area (TPSA) is 89.8 Å². The molecule has 0 heterocycles. The highest BCUT2D eigenvalue weighted by Gasteiger charge is 2.16. The van der Waals surface area contributed by atoms with Crippen LogP contribution in [0.15, 0.2) is 59.5 Å². The van der Waals surface area contributed by atoms with Crippen LogP contribution in [0.1, 0.15) is 0 Å². The van der Waals surface area contributed by atoms with Gasteiger partial charge in [-0.1, -0.05) is 30.3 Å². The lowest BCUT2D eigenvalue weighted by molar-refractivity contribution is -0.387. The van der Waals surface area contributed by atoms with E-state index < -0.39 is 10.9 Å². The van der Waals surface area contributed by atoms with Crippen LogP contribution in [0, 0.1) is 10.1 Å². The van der Waals surface area contributed by atoms with E-state index in [0.29, 0.717) is 10.6 Å². The van der Waals surface area contributed by atoms with Crippen molar-refractivity contribution in [3.8, 4) is 0 Å². The third-order valence-corrected chi connectivity index (χ3v) is 4.32. The molecule has 0 aliphatic rings. The Morgan fingerprint density at radius 3 is 2.44 bits per heavy atom. The Bertz CT molecular complexity index is 767. The molecule has 0 atom stereocenters. The van der Waals surface area contributed by atoms with E-state index in [2.05, 4.69) is 0 Å². The molecule has 130 valence electrons. The number of nitro groups is 1. The van der Waals surface area contributed by atoms with Crippen LogP contribution in [0.5, 0.6) is 0 Å². The number of para-hydroxylation sites is 2. The maximum absolute atomic E-state index is 12.0. The molecule has 2 aromatic carbocycles. The van der Waals surface area contributed by atoms with E-state index in [0.717, 1.165) is 11.8 Å². The number of amides is 1. The first-order valence-electron chi connectivity index (χ1n) is 7.32. The minimum Gasteiger partial charge on any atom is -0.455 e. The molecular weight excluding hydrogens is 344 g/mol. The number of esters is 1. The summed E-state index contributed by atoms with van der Waals surface area (Å²) >= 11 is 0.999. The fourth-order valence-corrected chi connectivity index (χ4v) is 2.76. The summed E-state index contributed by atoms with van der Waals surface area (Å²) in [7, 11) is 1.59. The summed E-state index contributed by atoms with van der Waals surface area (Å²) in [5, 5.41) is 10.9. The number of likely N-dealkylation sites (N-methyl/N-ethyl adjacent to an activating group) is 1. The fourth-order valence-electron chi connectivity index (χ4n) is 1.94. The summed E-state index contributed by atoms with van der Waals surface area (Å²) in [6, 6.07) is 15.1. The Kier molecular flexibility index (Phi) is 6.53. The van der Waals surface area contributed by atoms with Gasteiger partial charge in [0.25, 0.3) is 11.6 Å². The molecule has 7 nitrogen and oxygen atoms in total. The fraction of sp³-hybridized carbons (Fsp3) is 0.176. The number of carbonyl (C=O) groups excluding carboxylic acids is 2. The average molecular weight is 360 g/mol.